The molecule has 1 aliphatic heterocycles. The summed E-state index contributed by atoms with van der Waals surface area (Å²) in [7, 11) is 1.60. The fourth-order valence-electron chi connectivity index (χ4n) is 4.50. The van der Waals surface area contributed by atoms with Crippen molar-refractivity contribution in [3.8, 4) is 11.5 Å². The Labute approximate surface area is 229 Å². The predicted molar refractivity (Wildman–Crippen MR) is 151 cm³/mol. The number of carbonyl (C=O) groups is 1. The molecule has 3 aromatic rings. The van der Waals surface area contributed by atoms with E-state index in [2.05, 4.69) is 23.5 Å². The van der Waals surface area contributed by atoms with Crippen molar-refractivity contribution in [3.05, 3.63) is 108 Å². The number of hydrogen-bond acceptors (Lipinski definition) is 7. The highest BCUT2D eigenvalue weighted by atomic mass is 16.5. The van der Waals surface area contributed by atoms with Gasteiger partial charge in [0.25, 0.3) is 5.91 Å². The second-order valence-corrected chi connectivity index (χ2v) is 9.36. The van der Waals surface area contributed by atoms with E-state index in [9.17, 15) is 4.79 Å². The first kappa shape index (κ1) is 27.9. The number of aliphatic hydroxyl groups excluding tert-OH is 1. The number of carbonyl (C=O) groups excluding carboxylic acids is 1. The molecule has 1 aliphatic rings. The summed E-state index contributed by atoms with van der Waals surface area (Å²) in [5.74, 6) is 1.34. The molecule has 39 heavy (non-hydrogen) atoms. The molecular weight excluding hydrogens is 494 g/mol. The van der Waals surface area contributed by atoms with E-state index >= 15 is 0 Å². The number of amides is 1. The van der Waals surface area contributed by atoms with E-state index in [4.69, 9.17) is 24.3 Å². The Morgan fingerprint density at radius 3 is 2.64 bits per heavy atom. The van der Waals surface area contributed by atoms with Gasteiger partial charge in [0.1, 0.15) is 11.5 Å². The van der Waals surface area contributed by atoms with Gasteiger partial charge in [-0.25, -0.2) is 10.4 Å². The third-order valence-corrected chi connectivity index (χ3v) is 6.46. The molecule has 204 valence electrons. The molecule has 8 nitrogen and oxygen atoms in total. The summed E-state index contributed by atoms with van der Waals surface area (Å²) in [6.07, 6.45) is 1.76. The topological polar surface area (TPSA) is 101 Å². The van der Waals surface area contributed by atoms with Gasteiger partial charge in [-0.05, 0) is 54.4 Å². The van der Waals surface area contributed by atoms with E-state index < -0.39 is 11.6 Å². The summed E-state index contributed by atoms with van der Waals surface area (Å²) < 4.78 is 17.5. The zero-order chi connectivity index (χ0) is 27.7. The van der Waals surface area contributed by atoms with Crippen molar-refractivity contribution < 1.29 is 24.1 Å². The first-order chi connectivity index (χ1) is 19.0. The lowest BCUT2D eigenvalue weighted by molar-refractivity contribution is -0.129. The molecular formula is C31H35N3O5. The van der Waals surface area contributed by atoms with Crippen LogP contribution in [0.15, 0.2) is 90.4 Å². The Balaban J connectivity index is 1.63. The predicted octanol–water partition coefficient (Wildman–Crippen LogP) is 4.42. The molecule has 0 saturated heterocycles. The van der Waals surface area contributed by atoms with Crippen LogP contribution in [0.3, 0.4) is 0 Å². The second-order valence-electron chi connectivity index (χ2n) is 9.36. The van der Waals surface area contributed by atoms with Crippen LogP contribution in [-0.2, 0) is 16.1 Å². The summed E-state index contributed by atoms with van der Waals surface area (Å²) in [5.41, 5.74) is 8.27. The molecule has 4 rings (SSSR count). The lowest BCUT2D eigenvalue weighted by Gasteiger charge is -2.29. The van der Waals surface area contributed by atoms with Crippen molar-refractivity contribution in [2.45, 2.75) is 38.0 Å². The lowest BCUT2D eigenvalue weighted by Crippen LogP contribution is -2.52. The molecule has 0 unspecified atom stereocenters. The number of hydrazine groups is 1. The molecule has 0 bridgehead atoms. The van der Waals surface area contributed by atoms with Crippen molar-refractivity contribution in [2.24, 2.45) is 4.99 Å². The van der Waals surface area contributed by atoms with Gasteiger partial charge in [0.15, 0.2) is 11.6 Å². The van der Waals surface area contributed by atoms with Crippen molar-refractivity contribution in [3.63, 3.8) is 0 Å². The smallest absolute Gasteiger partial charge is 0.266 e. The number of aryl methyl sites for hydroxylation is 1. The molecule has 1 heterocycles. The summed E-state index contributed by atoms with van der Waals surface area (Å²) in [6.45, 7) is 6.89. The van der Waals surface area contributed by atoms with Crippen LogP contribution in [-0.4, -0.2) is 42.8 Å². The molecule has 1 amide bonds. The van der Waals surface area contributed by atoms with Crippen LogP contribution in [0.25, 0.3) is 0 Å². The van der Waals surface area contributed by atoms with Crippen LogP contribution in [0.5, 0.6) is 11.5 Å². The molecule has 8 heteroatoms. The average molecular weight is 530 g/mol. The standard InChI is InChI=1S/C31H35N3O5/c1-4-16-31(30(36)34-32-21-23-9-5-8-22(2)19-23)28(25-10-6-11-27(20-25)37-3)39-29(33-31)24-12-14-26(15-13-24)38-18-7-17-35/h4-6,8-15,19-20,28,32,35H,1,7,16-18,21H2,2-3H3,(H,34,36)/t28-,31-/m0/s1. The van der Waals surface area contributed by atoms with Gasteiger partial charge in [0.2, 0.25) is 5.90 Å². The molecule has 2 atom stereocenters. The Bertz CT molecular complexity index is 1310. The maximum atomic E-state index is 13.9. The van der Waals surface area contributed by atoms with Gasteiger partial charge < -0.3 is 19.3 Å². The minimum absolute atomic E-state index is 0.0711. The number of aliphatic imine (C=N–C) groups is 1. The minimum atomic E-state index is -1.31. The summed E-state index contributed by atoms with van der Waals surface area (Å²) in [5, 5.41) is 8.98. The van der Waals surface area contributed by atoms with Crippen molar-refractivity contribution in [1.29, 1.82) is 0 Å². The highest BCUT2D eigenvalue weighted by molar-refractivity contribution is 6.01. The van der Waals surface area contributed by atoms with Crippen LogP contribution in [0.2, 0.25) is 0 Å². The average Bonchev–Trinajstić information content (AvgIpc) is 3.34. The Hall–Kier alpha value is -4.14. The number of nitrogens with one attached hydrogen (secondary N) is 2. The van der Waals surface area contributed by atoms with Gasteiger partial charge in [-0.15, -0.1) is 6.58 Å². The van der Waals surface area contributed by atoms with Crippen molar-refractivity contribution in [1.82, 2.24) is 10.9 Å². The summed E-state index contributed by atoms with van der Waals surface area (Å²) >= 11 is 0. The lowest BCUT2D eigenvalue weighted by atomic mass is 9.84. The molecule has 0 fully saturated rings. The first-order valence-electron chi connectivity index (χ1n) is 12.9. The Kier molecular flexibility index (Phi) is 9.35. The second kappa shape index (κ2) is 13.1. The van der Waals surface area contributed by atoms with Crippen molar-refractivity contribution in [2.75, 3.05) is 20.3 Å². The normalized spacial score (nSPS) is 18.1. The molecule has 0 radical (unpaired) electrons. The Morgan fingerprint density at radius 2 is 1.92 bits per heavy atom. The number of nitrogens with zero attached hydrogens (tertiary/aromatic N) is 1. The number of hydrogen-bond donors (Lipinski definition) is 3. The number of benzene rings is 3. The fourth-order valence-corrected chi connectivity index (χ4v) is 4.50. The van der Waals surface area contributed by atoms with Gasteiger partial charge in [0.05, 0.1) is 13.7 Å². The quantitative estimate of drug-likeness (QED) is 0.172. The zero-order valence-electron chi connectivity index (χ0n) is 22.4. The highest BCUT2D eigenvalue weighted by Crippen LogP contribution is 2.43. The van der Waals surface area contributed by atoms with Crippen molar-refractivity contribution >= 4 is 11.8 Å². The zero-order valence-corrected chi connectivity index (χ0v) is 22.4. The van der Waals surface area contributed by atoms with Crippen LogP contribution in [0, 0.1) is 6.92 Å². The van der Waals surface area contributed by atoms with E-state index in [1.165, 1.54) is 0 Å². The molecule has 0 aromatic heterocycles. The maximum absolute atomic E-state index is 13.9. The van der Waals surface area contributed by atoms with Crippen LogP contribution in [0.1, 0.15) is 41.2 Å². The molecule has 0 saturated carbocycles. The highest BCUT2D eigenvalue weighted by Gasteiger charge is 2.52. The SMILES string of the molecule is C=CC[C@]1(C(=O)NNCc2cccc(C)c2)N=C(c2ccc(OCCCO)cc2)O[C@H]1c1cccc(OC)c1. The maximum Gasteiger partial charge on any atom is 0.266 e. The summed E-state index contributed by atoms with van der Waals surface area (Å²) in [6, 6.07) is 22.8. The van der Waals surface area contributed by atoms with Gasteiger partial charge >= 0.3 is 0 Å². The van der Waals surface area contributed by atoms with Gasteiger partial charge in [0, 0.05) is 31.6 Å². The number of ether oxygens (including phenoxy) is 3. The fraction of sp³-hybridized carbons (Fsp3) is 0.290. The van der Waals surface area contributed by atoms with E-state index in [1.54, 1.807) is 13.2 Å². The van der Waals surface area contributed by atoms with E-state index in [-0.39, 0.29) is 18.9 Å². The molecule has 0 spiro atoms. The molecule has 3 aromatic carbocycles. The molecule has 3 N–H and O–H groups in total. The number of methoxy groups -OCH3 is 1. The van der Waals surface area contributed by atoms with Gasteiger partial charge in [-0.3, -0.25) is 10.2 Å². The summed E-state index contributed by atoms with van der Waals surface area (Å²) in [4.78, 5) is 18.7. The van der Waals surface area contributed by atoms with E-state index in [0.717, 1.165) is 16.7 Å². The third-order valence-electron chi connectivity index (χ3n) is 6.46. The number of aliphatic hydroxyl groups is 1. The van der Waals surface area contributed by atoms with Crippen LogP contribution >= 0.6 is 0 Å². The Morgan fingerprint density at radius 1 is 1.13 bits per heavy atom. The third kappa shape index (κ3) is 6.66. The van der Waals surface area contributed by atoms with Crippen LogP contribution < -0.4 is 20.3 Å². The largest absolute Gasteiger partial charge is 0.497 e. The monoisotopic (exact) mass is 529 g/mol. The van der Waals surface area contributed by atoms with Crippen LogP contribution in [0.4, 0.5) is 0 Å². The number of rotatable bonds is 13. The minimum Gasteiger partial charge on any atom is -0.497 e. The van der Waals surface area contributed by atoms with Gasteiger partial charge in [-0.1, -0.05) is 48.0 Å². The first-order valence-corrected chi connectivity index (χ1v) is 12.9. The van der Waals surface area contributed by atoms with E-state index in [1.807, 2.05) is 73.7 Å². The van der Waals surface area contributed by atoms with Gasteiger partial charge in [-0.2, -0.15) is 0 Å². The molecule has 0 aliphatic carbocycles. The van der Waals surface area contributed by atoms with E-state index in [0.29, 0.717) is 42.5 Å².